The fraction of sp³-hybridized carbons (Fsp3) is 0.158. The molecule has 1 amide bonds. The van der Waals surface area contributed by atoms with Crippen molar-refractivity contribution in [1.82, 2.24) is 4.98 Å². The third-order valence-corrected chi connectivity index (χ3v) is 5.64. The number of thioether (sulfide) groups is 1. The number of ether oxygens (including phenoxy) is 1. The molecule has 0 saturated heterocycles. The van der Waals surface area contributed by atoms with E-state index < -0.39 is 0 Å². The van der Waals surface area contributed by atoms with Crippen LogP contribution in [-0.2, 0) is 4.79 Å². The van der Waals surface area contributed by atoms with Crippen LogP contribution in [0.5, 0.6) is 5.75 Å². The molecule has 1 heterocycles. The van der Waals surface area contributed by atoms with Gasteiger partial charge in [-0.1, -0.05) is 54.2 Å². The first kappa shape index (κ1) is 17.5. The standard InChI is InChI=1S/C19H18N2O2S2/c1-13(18(22)20-15-10-6-7-11-17(15)23-2)25-19-21-16(12-24-19)14-8-4-3-5-9-14/h3-13H,1-2H3,(H,20,22)/t13-/m0/s1. The van der Waals surface area contributed by atoms with Crippen LogP contribution in [0.4, 0.5) is 5.69 Å². The number of carbonyl (C=O) groups is 1. The monoisotopic (exact) mass is 370 g/mol. The van der Waals surface area contributed by atoms with E-state index in [4.69, 9.17) is 4.74 Å². The molecule has 0 bridgehead atoms. The van der Waals surface area contributed by atoms with E-state index in [0.29, 0.717) is 11.4 Å². The Kier molecular flexibility index (Phi) is 5.73. The normalized spacial score (nSPS) is 11.8. The minimum atomic E-state index is -0.264. The van der Waals surface area contributed by atoms with Gasteiger partial charge in [0.15, 0.2) is 4.34 Å². The Balaban J connectivity index is 1.65. The lowest BCUT2D eigenvalue weighted by molar-refractivity contribution is -0.115. The van der Waals surface area contributed by atoms with Crippen molar-refractivity contribution in [3.63, 3.8) is 0 Å². The van der Waals surface area contributed by atoms with E-state index in [-0.39, 0.29) is 11.2 Å². The number of benzene rings is 2. The van der Waals surface area contributed by atoms with E-state index in [1.807, 2.05) is 66.9 Å². The number of anilines is 1. The summed E-state index contributed by atoms with van der Waals surface area (Å²) < 4.78 is 6.14. The zero-order valence-corrected chi connectivity index (χ0v) is 15.6. The van der Waals surface area contributed by atoms with Gasteiger partial charge < -0.3 is 10.1 Å². The molecule has 128 valence electrons. The van der Waals surface area contributed by atoms with Gasteiger partial charge in [-0.3, -0.25) is 4.79 Å². The van der Waals surface area contributed by atoms with Crippen LogP contribution in [0.15, 0.2) is 64.3 Å². The Morgan fingerprint density at radius 2 is 1.88 bits per heavy atom. The van der Waals surface area contributed by atoms with Crippen LogP contribution in [0.2, 0.25) is 0 Å². The van der Waals surface area contributed by atoms with Crippen molar-refractivity contribution in [3.05, 3.63) is 60.0 Å². The van der Waals surface area contributed by atoms with Crippen LogP contribution in [-0.4, -0.2) is 23.3 Å². The molecule has 0 aliphatic heterocycles. The molecule has 1 N–H and O–H groups in total. The summed E-state index contributed by atoms with van der Waals surface area (Å²) >= 11 is 3.01. The number of aromatic nitrogens is 1. The van der Waals surface area contributed by atoms with Crippen LogP contribution in [0.3, 0.4) is 0 Å². The number of thiazole rings is 1. The number of methoxy groups -OCH3 is 1. The topological polar surface area (TPSA) is 51.2 Å². The number of hydrogen-bond acceptors (Lipinski definition) is 5. The lowest BCUT2D eigenvalue weighted by atomic mass is 10.2. The number of rotatable bonds is 6. The molecule has 25 heavy (non-hydrogen) atoms. The first-order valence-corrected chi connectivity index (χ1v) is 9.55. The SMILES string of the molecule is COc1ccccc1NC(=O)[C@H](C)Sc1nc(-c2ccccc2)cs1. The van der Waals surface area contributed by atoms with Crippen molar-refractivity contribution in [2.24, 2.45) is 0 Å². The highest BCUT2D eigenvalue weighted by molar-refractivity contribution is 8.02. The van der Waals surface area contributed by atoms with Crippen LogP contribution in [0, 0.1) is 0 Å². The quantitative estimate of drug-likeness (QED) is 0.625. The Morgan fingerprint density at radius 1 is 1.16 bits per heavy atom. The summed E-state index contributed by atoms with van der Waals surface area (Å²) in [6.45, 7) is 1.87. The molecule has 0 radical (unpaired) electrons. The fourth-order valence-electron chi connectivity index (χ4n) is 2.24. The van der Waals surface area contributed by atoms with Crippen LogP contribution < -0.4 is 10.1 Å². The van der Waals surface area contributed by atoms with Crippen LogP contribution in [0.25, 0.3) is 11.3 Å². The summed E-state index contributed by atoms with van der Waals surface area (Å²) in [7, 11) is 1.59. The average molecular weight is 370 g/mol. The molecule has 3 rings (SSSR count). The lowest BCUT2D eigenvalue weighted by Gasteiger charge is -2.13. The molecule has 0 aliphatic rings. The summed E-state index contributed by atoms with van der Waals surface area (Å²) in [5.41, 5.74) is 2.69. The number of nitrogens with one attached hydrogen (secondary N) is 1. The van der Waals surface area contributed by atoms with E-state index in [1.54, 1.807) is 18.4 Å². The molecular weight excluding hydrogens is 352 g/mol. The van der Waals surface area contributed by atoms with Gasteiger partial charge in [-0.25, -0.2) is 4.98 Å². The molecule has 0 unspecified atom stereocenters. The molecule has 0 aliphatic carbocycles. The Labute approximate surface area is 155 Å². The number of carbonyl (C=O) groups excluding carboxylic acids is 1. The molecule has 1 atom stereocenters. The van der Waals surface area contributed by atoms with Gasteiger partial charge in [0.1, 0.15) is 5.75 Å². The molecule has 3 aromatic rings. The van der Waals surface area contributed by atoms with Gasteiger partial charge in [0.25, 0.3) is 0 Å². The van der Waals surface area contributed by atoms with Gasteiger partial charge in [0.2, 0.25) is 5.91 Å². The second-order valence-corrected chi connectivity index (χ2v) is 7.76. The Bertz CT molecular complexity index is 849. The van der Waals surface area contributed by atoms with E-state index in [0.717, 1.165) is 15.6 Å². The first-order valence-electron chi connectivity index (χ1n) is 7.79. The summed E-state index contributed by atoms with van der Waals surface area (Å²) in [5.74, 6) is 0.569. The summed E-state index contributed by atoms with van der Waals surface area (Å²) in [6.07, 6.45) is 0. The molecule has 0 fully saturated rings. The zero-order valence-electron chi connectivity index (χ0n) is 13.9. The second kappa shape index (κ2) is 8.18. The van der Waals surface area contributed by atoms with Gasteiger partial charge >= 0.3 is 0 Å². The fourth-order valence-corrected chi connectivity index (χ4v) is 4.21. The molecule has 1 aromatic heterocycles. The summed E-state index contributed by atoms with van der Waals surface area (Å²) in [6, 6.07) is 17.4. The minimum Gasteiger partial charge on any atom is -0.495 e. The average Bonchev–Trinajstić information content (AvgIpc) is 3.11. The van der Waals surface area contributed by atoms with Gasteiger partial charge in [-0.05, 0) is 19.1 Å². The van der Waals surface area contributed by atoms with Gasteiger partial charge in [-0.15, -0.1) is 11.3 Å². The first-order chi connectivity index (χ1) is 12.2. The van der Waals surface area contributed by atoms with Crippen molar-refractivity contribution in [1.29, 1.82) is 0 Å². The number of amides is 1. The van der Waals surface area contributed by atoms with Gasteiger partial charge in [0, 0.05) is 10.9 Å². The minimum absolute atomic E-state index is 0.0778. The maximum atomic E-state index is 12.5. The third kappa shape index (κ3) is 4.41. The lowest BCUT2D eigenvalue weighted by Crippen LogP contribution is -2.22. The van der Waals surface area contributed by atoms with E-state index in [9.17, 15) is 4.79 Å². The van der Waals surface area contributed by atoms with Crippen molar-refractivity contribution in [3.8, 4) is 17.0 Å². The maximum Gasteiger partial charge on any atom is 0.237 e. The van der Waals surface area contributed by atoms with Crippen molar-refractivity contribution in [2.45, 2.75) is 16.5 Å². The van der Waals surface area contributed by atoms with Crippen molar-refractivity contribution < 1.29 is 9.53 Å². The third-order valence-electron chi connectivity index (χ3n) is 3.56. The Hall–Kier alpha value is -2.31. The van der Waals surface area contributed by atoms with E-state index in [1.165, 1.54) is 11.8 Å². The van der Waals surface area contributed by atoms with Gasteiger partial charge in [-0.2, -0.15) is 0 Å². The molecule has 6 heteroatoms. The predicted octanol–water partition coefficient (Wildman–Crippen LogP) is 4.94. The van der Waals surface area contributed by atoms with E-state index in [2.05, 4.69) is 10.3 Å². The van der Waals surface area contributed by atoms with Crippen molar-refractivity contribution >= 4 is 34.7 Å². The van der Waals surface area contributed by atoms with Crippen LogP contribution >= 0.6 is 23.1 Å². The smallest absolute Gasteiger partial charge is 0.237 e. The molecule has 0 saturated carbocycles. The molecule has 0 spiro atoms. The van der Waals surface area contributed by atoms with E-state index >= 15 is 0 Å². The highest BCUT2D eigenvalue weighted by Gasteiger charge is 2.18. The maximum absolute atomic E-state index is 12.5. The summed E-state index contributed by atoms with van der Waals surface area (Å²) in [5, 5.41) is 4.66. The largest absolute Gasteiger partial charge is 0.495 e. The zero-order chi connectivity index (χ0) is 17.6. The molecular formula is C19H18N2O2S2. The molecule has 4 nitrogen and oxygen atoms in total. The number of para-hydroxylation sites is 2. The predicted molar refractivity (Wildman–Crippen MR) is 104 cm³/mol. The highest BCUT2D eigenvalue weighted by Crippen LogP contribution is 2.31. The molecule has 2 aromatic carbocycles. The summed E-state index contributed by atoms with van der Waals surface area (Å²) in [4.78, 5) is 17.1. The second-order valence-electron chi connectivity index (χ2n) is 5.31. The number of hydrogen-bond donors (Lipinski definition) is 1. The highest BCUT2D eigenvalue weighted by atomic mass is 32.2. The Morgan fingerprint density at radius 3 is 2.64 bits per heavy atom. The van der Waals surface area contributed by atoms with Crippen molar-refractivity contribution in [2.75, 3.05) is 12.4 Å². The number of nitrogens with zero attached hydrogens (tertiary/aromatic N) is 1. The van der Waals surface area contributed by atoms with Gasteiger partial charge in [0.05, 0.1) is 23.7 Å². The van der Waals surface area contributed by atoms with Crippen LogP contribution in [0.1, 0.15) is 6.92 Å².